The first-order valence-corrected chi connectivity index (χ1v) is 9.53. The number of para-hydroxylation sites is 1. The third-order valence-electron chi connectivity index (χ3n) is 4.37. The van der Waals surface area contributed by atoms with Crippen molar-refractivity contribution in [2.45, 2.75) is 38.5 Å². The number of aliphatic hydroxyl groups excluding tert-OH is 1. The van der Waals surface area contributed by atoms with E-state index in [-0.39, 0.29) is 18.7 Å². The zero-order chi connectivity index (χ0) is 17.5. The Bertz CT molecular complexity index is 674. The van der Waals surface area contributed by atoms with Gasteiger partial charge >= 0.3 is 6.03 Å². The zero-order valence-electron chi connectivity index (χ0n) is 14.2. The quantitative estimate of drug-likeness (QED) is 0.830. The zero-order valence-corrected chi connectivity index (χ0v) is 15.0. The van der Waals surface area contributed by atoms with Crippen molar-refractivity contribution in [3.63, 3.8) is 0 Å². The number of hydrogen-bond donors (Lipinski definition) is 2. The molecule has 1 aromatic heterocycles. The number of nitrogens with one attached hydrogen (secondary N) is 1. The first-order chi connectivity index (χ1) is 12.3. The van der Waals surface area contributed by atoms with Gasteiger partial charge in [0.05, 0.1) is 19.2 Å². The number of rotatable bonds is 6. The summed E-state index contributed by atoms with van der Waals surface area (Å²) in [4.78, 5) is 15.2. The normalized spacial score (nSPS) is 17.3. The summed E-state index contributed by atoms with van der Waals surface area (Å²) < 4.78 is 5.74. The Morgan fingerprint density at radius 1 is 1.32 bits per heavy atom. The lowest BCUT2D eigenvalue weighted by Gasteiger charge is -2.34. The number of hydrogen-bond acceptors (Lipinski definition) is 4. The second kappa shape index (κ2) is 8.87. The van der Waals surface area contributed by atoms with Gasteiger partial charge in [0.1, 0.15) is 12.4 Å². The van der Waals surface area contributed by atoms with Crippen LogP contribution in [0.25, 0.3) is 0 Å². The minimum atomic E-state index is -0.0887. The number of nitrogens with zero attached hydrogens (tertiary/aromatic N) is 1. The number of piperidine rings is 1. The number of benzene rings is 1. The fourth-order valence-electron chi connectivity index (χ4n) is 3.00. The summed E-state index contributed by atoms with van der Waals surface area (Å²) >= 11 is 1.62. The summed E-state index contributed by atoms with van der Waals surface area (Å²) in [6, 6.07) is 11.7. The summed E-state index contributed by atoms with van der Waals surface area (Å²) in [5.74, 6) is 0.851. The van der Waals surface area contributed by atoms with E-state index in [1.165, 1.54) is 0 Å². The highest BCUT2D eigenvalue weighted by Crippen LogP contribution is 2.19. The molecule has 2 N–H and O–H groups in total. The van der Waals surface area contributed by atoms with Gasteiger partial charge < -0.3 is 20.1 Å². The molecule has 6 heteroatoms. The summed E-state index contributed by atoms with van der Waals surface area (Å²) in [7, 11) is 0. The molecule has 1 saturated heterocycles. The van der Waals surface area contributed by atoms with Gasteiger partial charge in [-0.3, -0.25) is 0 Å². The largest absolute Gasteiger partial charge is 0.489 e. The molecule has 0 saturated carbocycles. The molecule has 5 nitrogen and oxygen atoms in total. The van der Waals surface area contributed by atoms with Crippen LogP contribution in [0.3, 0.4) is 0 Å². The van der Waals surface area contributed by atoms with Crippen molar-refractivity contribution in [1.29, 1.82) is 0 Å². The van der Waals surface area contributed by atoms with Gasteiger partial charge in [-0.15, -0.1) is 11.3 Å². The first-order valence-electron chi connectivity index (χ1n) is 8.65. The second-order valence-corrected chi connectivity index (χ2v) is 7.20. The van der Waals surface area contributed by atoms with Crippen molar-refractivity contribution in [3.05, 3.63) is 52.2 Å². The van der Waals surface area contributed by atoms with Crippen LogP contribution in [0.1, 0.15) is 29.7 Å². The summed E-state index contributed by atoms with van der Waals surface area (Å²) in [6.45, 7) is 1.78. The Hall–Kier alpha value is -2.05. The van der Waals surface area contributed by atoms with Gasteiger partial charge in [-0.25, -0.2) is 4.79 Å². The molecule has 0 bridgehead atoms. The molecule has 0 aliphatic carbocycles. The number of urea groups is 1. The number of likely N-dealkylation sites (tertiary alicyclic amines) is 1. The van der Waals surface area contributed by atoms with Crippen molar-refractivity contribution >= 4 is 17.4 Å². The van der Waals surface area contributed by atoms with Crippen LogP contribution in [-0.2, 0) is 13.2 Å². The predicted octanol–water partition coefficient (Wildman–Crippen LogP) is 3.38. The number of amides is 2. The monoisotopic (exact) mass is 360 g/mol. The number of aliphatic hydroxyl groups is 1. The Labute approximate surface area is 152 Å². The van der Waals surface area contributed by atoms with Crippen LogP contribution in [0.15, 0.2) is 41.8 Å². The van der Waals surface area contributed by atoms with Crippen LogP contribution in [0.2, 0.25) is 0 Å². The minimum absolute atomic E-state index is 0.0351. The predicted molar refractivity (Wildman–Crippen MR) is 98.8 cm³/mol. The molecule has 1 aromatic carbocycles. The molecule has 1 fully saturated rings. The van der Waals surface area contributed by atoms with Gasteiger partial charge in [0, 0.05) is 17.0 Å². The van der Waals surface area contributed by atoms with Gasteiger partial charge in [-0.1, -0.05) is 18.2 Å². The van der Waals surface area contributed by atoms with Crippen LogP contribution in [0, 0.1) is 0 Å². The van der Waals surface area contributed by atoms with E-state index in [0.29, 0.717) is 13.2 Å². The van der Waals surface area contributed by atoms with Crippen molar-refractivity contribution in [2.75, 3.05) is 13.2 Å². The summed E-state index contributed by atoms with van der Waals surface area (Å²) in [5.41, 5.74) is 1.10. The Morgan fingerprint density at radius 2 is 2.16 bits per heavy atom. The van der Waals surface area contributed by atoms with Crippen molar-refractivity contribution in [1.82, 2.24) is 10.2 Å². The van der Waals surface area contributed by atoms with E-state index >= 15 is 0 Å². The average molecular weight is 360 g/mol. The van der Waals surface area contributed by atoms with Gasteiger partial charge in [-0.05, 0) is 42.8 Å². The number of carbonyl (C=O) groups is 1. The second-order valence-electron chi connectivity index (χ2n) is 6.21. The third kappa shape index (κ3) is 4.96. The van der Waals surface area contributed by atoms with E-state index in [9.17, 15) is 9.90 Å². The molecule has 25 heavy (non-hydrogen) atoms. The van der Waals surface area contributed by atoms with Crippen molar-refractivity contribution < 1.29 is 14.6 Å². The minimum Gasteiger partial charge on any atom is -0.489 e. The highest BCUT2D eigenvalue weighted by molar-refractivity contribution is 7.10. The lowest BCUT2D eigenvalue weighted by Crippen LogP contribution is -2.49. The van der Waals surface area contributed by atoms with Crippen LogP contribution in [0.4, 0.5) is 4.79 Å². The number of thiophene rings is 1. The Morgan fingerprint density at radius 3 is 2.96 bits per heavy atom. The molecule has 2 aromatic rings. The molecule has 1 aliphatic rings. The molecule has 134 valence electrons. The molecule has 0 spiro atoms. The average Bonchev–Trinajstić information content (AvgIpc) is 3.13. The van der Waals surface area contributed by atoms with Crippen LogP contribution < -0.4 is 10.1 Å². The van der Waals surface area contributed by atoms with E-state index in [1.54, 1.807) is 16.2 Å². The van der Waals surface area contributed by atoms with Crippen molar-refractivity contribution in [2.24, 2.45) is 0 Å². The maximum Gasteiger partial charge on any atom is 0.318 e. The fourth-order valence-corrected chi connectivity index (χ4v) is 3.81. The van der Waals surface area contributed by atoms with Crippen LogP contribution in [0.5, 0.6) is 5.75 Å². The maximum atomic E-state index is 12.3. The molecular weight excluding hydrogens is 336 g/mol. The van der Waals surface area contributed by atoms with E-state index in [0.717, 1.165) is 42.0 Å². The van der Waals surface area contributed by atoms with Crippen LogP contribution >= 0.6 is 11.3 Å². The van der Waals surface area contributed by atoms with Crippen LogP contribution in [-0.4, -0.2) is 35.2 Å². The highest BCUT2D eigenvalue weighted by atomic mass is 32.1. The Balaban J connectivity index is 1.47. The molecule has 1 aliphatic heterocycles. The van der Waals surface area contributed by atoms with E-state index < -0.39 is 0 Å². The molecule has 0 unspecified atom stereocenters. The van der Waals surface area contributed by atoms with Gasteiger partial charge in [0.15, 0.2) is 0 Å². The molecule has 2 amide bonds. The summed E-state index contributed by atoms with van der Waals surface area (Å²) in [5, 5.41) is 14.4. The smallest absolute Gasteiger partial charge is 0.318 e. The highest BCUT2D eigenvalue weighted by Gasteiger charge is 2.25. The number of carbonyl (C=O) groups excluding carboxylic acids is 1. The first kappa shape index (κ1) is 17.8. The lowest BCUT2D eigenvalue weighted by molar-refractivity contribution is 0.108. The molecule has 2 heterocycles. The maximum absolute atomic E-state index is 12.3. The molecule has 1 atom stereocenters. The molecule has 0 radical (unpaired) electrons. The SMILES string of the molecule is O=C(NCc1cc(COc2ccccc2)cs1)N1CCCC[C@@H]1CO. The number of ether oxygens (including phenoxy) is 1. The fraction of sp³-hybridized carbons (Fsp3) is 0.421. The molecule has 3 rings (SSSR count). The summed E-state index contributed by atoms with van der Waals surface area (Å²) in [6.07, 6.45) is 2.96. The van der Waals surface area contributed by atoms with Gasteiger partial charge in [0.2, 0.25) is 0 Å². The van der Waals surface area contributed by atoms with Gasteiger partial charge in [-0.2, -0.15) is 0 Å². The van der Waals surface area contributed by atoms with E-state index in [1.807, 2.05) is 30.3 Å². The topological polar surface area (TPSA) is 61.8 Å². The molecular formula is C19H24N2O3S. The Kier molecular flexibility index (Phi) is 6.30. The van der Waals surface area contributed by atoms with E-state index in [2.05, 4.69) is 16.8 Å². The third-order valence-corrected chi connectivity index (χ3v) is 5.35. The lowest BCUT2D eigenvalue weighted by atomic mass is 10.0. The standard InChI is InChI=1S/C19H24N2O3S/c22-12-16-6-4-5-9-21(16)19(23)20-11-18-10-15(14-25-18)13-24-17-7-2-1-3-8-17/h1-3,7-8,10,14,16,22H,4-6,9,11-13H2,(H,20,23)/t16-/m1/s1. The van der Waals surface area contributed by atoms with Gasteiger partial charge in [0.25, 0.3) is 0 Å². The van der Waals surface area contributed by atoms with E-state index in [4.69, 9.17) is 4.74 Å². The van der Waals surface area contributed by atoms with Crippen molar-refractivity contribution in [3.8, 4) is 5.75 Å².